The fourth-order valence-electron chi connectivity index (χ4n) is 0.538. The van der Waals surface area contributed by atoms with Crippen LogP contribution in [0.5, 0.6) is 0 Å². The van der Waals surface area contributed by atoms with Crippen LogP contribution < -0.4 is 11.5 Å². The molecule has 0 aromatic carbocycles. The Morgan fingerprint density at radius 3 is 1.87 bits per heavy atom. The lowest BCUT2D eigenvalue weighted by molar-refractivity contribution is -0.247. The van der Waals surface area contributed by atoms with E-state index in [0.29, 0.717) is 5.76 Å². The number of urea groups is 1. The van der Waals surface area contributed by atoms with Gasteiger partial charge in [-0.3, -0.25) is 0 Å². The summed E-state index contributed by atoms with van der Waals surface area (Å²) in [5, 5.41) is 0. The number of carbonyl (C=O) groups excluding carboxylic acids is 1. The van der Waals surface area contributed by atoms with Gasteiger partial charge in [0.05, 0.1) is 7.11 Å². The van der Waals surface area contributed by atoms with E-state index < -0.39 is 12.5 Å². The number of ether oxygens (including phenoxy) is 4. The number of carbonyl (C=O) groups is 1. The zero-order valence-corrected chi connectivity index (χ0v) is 9.35. The van der Waals surface area contributed by atoms with Crippen LogP contribution in [0.1, 0.15) is 6.92 Å². The molecule has 0 fully saturated rings. The zero-order chi connectivity index (χ0) is 12.3. The van der Waals surface area contributed by atoms with Crippen molar-refractivity contribution >= 4 is 6.03 Å². The second kappa shape index (κ2) is 10.6. The van der Waals surface area contributed by atoms with E-state index in [2.05, 4.69) is 11.5 Å². The normalized spacial score (nSPS) is 10.3. The van der Waals surface area contributed by atoms with Gasteiger partial charge >= 0.3 is 12.5 Å². The Labute approximate surface area is 88.9 Å². The maximum absolute atomic E-state index is 9.00. The van der Waals surface area contributed by atoms with E-state index in [1.807, 2.05) is 0 Å². The molecule has 15 heavy (non-hydrogen) atoms. The summed E-state index contributed by atoms with van der Waals surface area (Å²) in [4.78, 5) is 9.00. The SMILES string of the molecule is COC=C(C)OC(OC)OC.NC(N)=O. The first-order chi connectivity index (χ1) is 6.97. The highest BCUT2D eigenvalue weighted by Gasteiger charge is 2.04. The van der Waals surface area contributed by atoms with Gasteiger partial charge in [0.15, 0.2) is 0 Å². The third-order valence-corrected chi connectivity index (χ3v) is 0.951. The van der Waals surface area contributed by atoms with Gasteiger partial charge in [0, 0.05) is 14.2 Å². The van der Waals surface area contributed by atoms with Crippen molar-refractivity contribution < 1.29 is 23.7 Å². The lowest BCUT2D eigenvalue weighted by Gasteiger charge is -2.14. The fraction of sp³-hybridized carbons (Fsp3) is 0.625. The molecular weight excluding hydrogens is 204 g/mol. The smallest absolute Gasteiger partial charge is 0.315 e. The number of hydrogen-bond acceptors (Lipinski definition) is 5. The number of allylic oxidation sites excluding steroid dienone is 1. The summed E-state index contributed by atoms with van der Waals surface area (Å²) in [6, 6.07) is -0.833. The molecule has 0 aromatic heterocycles. The van der Waals surface area contributed by atoms with Crippen molar-refractivity contribution in [1.82, 2.24) is 0 Å². The maximum atomic E-state index is 9.00. The van der Waals surface area contributed by atoms with Crippen molar-refractivity contribution in [1.29, 1.82) is 0 Å². The molecule has 0 atom stereocenters. The van der Waals surface area contributed by atoms with E-state index in [1.165, 1.54) is 20.5 Å². The summed E-state index contributed by atoms with van der Waals surface area (Å²) in [6.45, 7) is 1.08. The van der Waals surface area contributed by atoms with E-state index >= 15 is 0 Å². The molecule has 90 valence electrons. The molecule has 0 bridgehead atoms. The molecule has 0 radical (unpaired) electrons. The summed E-state index contributed by atoms with van der Waals surface area (Å²) < 4.78 is 19.3. The molecule has 2 amide bonds. The largest absolute Gasteiger partial charge is 0.501 e. The highest BCUT2D eigenvalue weighted by Crippen LogP contribution is 2.02. The third-order valence-electron chi connectivity index (χ3n) is 0.951. The molecule has 0 unspecified atom stereocenters. The van der Waals surface area contributed by atoms with E-state index in [0.717, 1.165) is 0 Å². The van der Waals surface area contributed by atoms with Gasteiger partial charge in [0.2, 0.25) is 0 Å². The minimum atomic E-state index is -0.833. The first-order valence-electron chi connectivity index (χ1n) is 3.94. The molecule has 0 spiro atoms. The average Bonchev–Trinajstić information content (AvgIpc) is 2.13. The predicted molar refractivity (Wildman–Crippen MR) is 53.4 cm³/mol. The zero-order valence-electron chi connectivity index (χ0n) is 9.35. The number of methoxy groups -OCH3 is 3. The summed E-state index contributed by atoms with van der Waals surface area (Å²) >= 11 is 0. The minimum Gasteiger partial charge on any atom is -0.501 e. The Bertz CT molecular complexity index is 187. The molecule has 0 aliphatic heterocycles. The van der Waals surface area contributed by atoms with Crippen LogP contribution in [0.15, 0.2) is 12.0 Å². The van der Waals surface area contributed by atoms with Crippen molar-refractivity contribution in [2.75, 3.05) is 21.3 Å². The first kappa shape index (κ1) is 16.0. The van der Waals surface area contributed by atoms with Crippen molar-refractivity contribution in [2.45, 2.75) is 13.4 Å². The minimum absolute atomic E-state index is 0.598. The van der Waals surface area contributed by atoms with Crippen LogP contribution in [0, 0.1) is 0 Å². The molecule has 0 saturated heterocycles. The number of hydrogen-bond donors (Lipinski definition) is 2. The van der Waals surface area contributed by atoms with E-state index in [9.17, 15) is 0 Å². The standard InChI is InChI=1S/C7H14O4.CH4N2O/c1-6(5-8-2)11-7(9-3)10-4;2-1(3)4/h5,7H,1-4H3;(H4,2,3,4). The molecule has 7 nitrogen and oxygen atoms in total. The van der Waals surface area contributed by atoms with E-state index in [-0.39, 0.29) is 0 Å². The van der Waals surface area contributed by atoms with Crippen molar-refractivity contribution in [2.24, 2.45) is 11.5 Å². The Kier molecular flexibility index (Phi) is 11.3. The van der Waals surface area contributed by atoms with Crippen LogP contribution in [0.2, 0.25) is 0 Å². The molecule has 0 heterocycles. The van der Waals surface area contributed by atoms with Gasteiger partial charge in [0.1, 0.15) is 12.0 Å². The number of amides is 2. The van der Waals surface area contributed by atoms with Crippen LogP contribution in [-0.4, -0.2) is 33.8 Å². The van der Waals surface area contributed by atoms with Gasteiger partial charge in [-0.2, -0.15) is 0 Å². The second-order valence-electron chi connectivity index (χ2n) is 2.24. The Hall–Kier alpha value is -1.47. The van der Waals surface area contributed by atoms with Gasteiger partial charge in [-0.1, -0.05) is 0 Å². The van der Waals surface area contributed by atoms with Gasteiger partial charge in [0.25, 0.3) is 0 Å². The van der Waals surface area contributed by atoms with Crippen molar-refractivity contribution in [3.8, 4) is 0 Å². The Balaban J connectivity index is 0. The summed E-state index contributed by atoms with van der Waals surface area (Å²) in [5.74, 6) is 0.598. The molecule has 0 aliphatic rings. The molecule has 0 aliphatic carbocycles. The van der Waals surface area contributed by atoms with E-state index in [4.69, 9.17) is 23.7 Å². The topological polar surface area (TPSA) is 106 Å². The van der Waals surface area contributed by atoms with Gasteiger partial charge in [-0.25, -0.2) is 4.79 Å². The third kappa shape index (κ3) is 15.3. The molecule has 0 rings (SSSR count). The summed E-state index contributed by atoms with van der Waals surface area (Å²) in [5.41, 5.74) is 8.50. The van der Waals surface area contributed by atoms with Crippen LogP contribution in [-0.2, 0) is 18.9 Å². The van der Waals surface area contributed by atoms with Gasteiger partial charge in [-0.05, 0) is 6.92 Å². The number of primary amides is 2. The highest BCUT2D eigenvalue weighted by molar-refractivity contribution is 5.69. The van der Waals surface area contributed by atoms with Crippen LogP contribution in [0.4, 0.5) is 4.79 Å². The summed E-state index contributed by atoms with van der Waals surface area (Å²) in [6.07, 6.45) is 1.46. The molecule has 7 heteroatoms. The van der Waals surface area contributed by atoms with Crippen LogP contribution in [0.3, 0.4) is 0 Å². The Morgan fingerprint density at radius 2 is 1.60 bits per heavy atom. The van der Waals surface area contributed by atoms with Crippen molar-refractivity contribution in [3.63, 3.8) is 0 Å². The van der Waals surface area contributed by atoms with Crippen molar-refractivity contribution in [3.05, 3.63) is 12.0 Å². The van der Waals surface area contributed by atoms with Gasteiger partial charge < -0.3 is 30.4 Å². The molecular formula is C8H18N2O5. The second-order valence-corrected chi connectivity index (χ2v) is 2.24. The van der Waals surface area contributed by atoms with Crippen LogP contribution >= 0.6 is 0 Å². The quantitative estimate of drug-likeness (QED) is 0.507. The van der Waals surface area contributed by atoms with E-state index in [1.54, 1.807) is 14.0 Å². The average molecular weight is 222 g/mol. The molecule has 4 N–H and O–H groups in total. The maximum Gasteiger partial charge on any atom is 0.315 e. The Morgan fingerprint density at radius 1 is 1.20 bits per heavy atom. The van der Waals surface area contributed by atoms with Crippen LogP contribution in [0.25, 0.3) is 0 Å². The lowest BCUT2D eigenvalue weighted by atomic mass is 10.6. The number of rotatable bonds is 5. The number of nitrogens with two attached hydrogens (primary N) is 2. The predicted octanol–water partition coefficient (Wildman–Crippen LogP) is 0.111. The fourth-order valence-corrected chi connectivity index (χ4v) is 0.538. The molecule has 0 aromatic rings. The molecule has 0 saturated carbocycles. The monoisotopic (exact) mass is 222 g/mol. The summed E-state index contributed by atoms with van der Waals surface area (Å²) in [7, 11) is 4.53. The van der Waals surface area contributed by atoms with Gasteiger partial charge in [-0.15, -0.1) is 0 Å². The lowest BCUT2D eigenvalue weighted by Crippen LogP contribution is -2.18. The first-order valence-corrected chi connectivity index (χ1v) is 3.94. The highest BCUT2D eigenvalue weighted by atomic mass is 16.8.